The highest BCUT2D eigenvalue weighted by atomic mass is 19.1. The quantitative estimate of drug-likeness (QED) is 0.834. The van der Waals surface area contributed by atoms with E-state index in [1.54, 1.807) is 13.8 Å². The minimum Gasteiger partial charge on any atom is -0.496 e. The molecule has 0 heterocycles. The van der Waals surface area contributed by atoms with Crippen molar-refractivity contribution >= 4 is 5.97 Å². The second-order valence-corrected chi connectivity index (χ2v) is 4.09. The number of hydrogen-bond donors (Lipinski definition) is 1. The smallest absolute Gasteiger partial charge is 0.339 e. The van der Waals surface area contributed by atoms with Crippen LogP contribution in [0.1, 0.15) is 36.6 Å². The van der Waals surface area contributed by atoms with Crippen molar-refractivity contribution in [3.05, 3.63) is 28.6 Å². The lowest BCUT2D eigenvalue weighted by molar-refractivity contribution is -0.153. The molecule has 1 N–H and O–H groups in total. The molecule has 0 fully saturated rings. The maximum Gasteiger partial charge on any atom is 0.339 e. The minimum absolute atomic E-state index is 0.156. The van der Waals surface area contributed by atoms with E-state index in [1.165, 1.54) is 7.11 Å². The van der Waals surface area contributed by atoms with Gasteiger partial charge in [-0.15, -0.1) is 0 Å². The average Bonchev–Trinajstić information content (AvgIpc) is 2.40. The first-order chi connectivity index (χ1) is 8.97. The molecule has 106 valence electrons. The number of carbonyl (C=O) groups is 1. The van der Waals surface area contributed by atoms with Crippen LogP contribution in [-0.2, 0) is 16.0 Å². The van der Waals surface area contributed by atoms with Crippen molar-refractivity contribution < 1.29 is 23.8 Å². The second-order valence-electron chi connectivity index (χ2n) is 4.09. The van der Waals surface area contributed by atoms with E-state index < -0.39 is 17.9 Å². The number of rotatable bonds is 5. The lowest BCUT2D eigenvalue weighted by Crippen LogP contribution is -2.18. The molecule has 1 rings (SSSR count). The Labute approximate surface area is 112 Å². The van der Waals surface area contributed by atoms with E-state index in [0.717, 1.165) is 6.07 Å². The molecule has 5 heteroatoms. The van der Waals surface area contributed by atoms with E-state index in [4.69, 9.17) is 9.47 Å². The summed E-state index contributed by atoms with van der Waals surface area (Å²) in [4.78, 5) is 11.6. The summed E-state index contributed by atoms with van der Waals surface area (Å²) in [5.74, 6) is -0.948. The van der Waals surface area contributed by atoms with Gasteiger partial charge in [0.15, 0.2) is 6.10 Å². The van der Waals surface area contributed by atoms with Crippen LogP contribution >= 0.6 is 0 Å². The summed E-state index contributed by atoms with van der Waals surface area (Å²) < 4.78 is 23.7. The number of aliphatic hydroxyl groups excluding tert-OH is 1. The van der Waals surface area contributed by atoms with Crippen LogP contribution in [0.5, 0.6) is 5.75 Å². The molecule has 0 aliphatic heterocycles. The van der Waals surface area contributed by atoms with Gasteiger partial charge in [-0.1, -0.05) is 6.92 Å². The molecule has 0 aliphatic rings. The van der Waals surface area contributed by atoms with Crippen molar-refractivity contribution in [1.82, 2.24) is 0 Å². The first kappa shape index (κ1) is 15.4. The third kappa shape index (κ3) is 3.04. The number of halogens is 1. The molecule has 0 amide bonds. The predicted molar refractivity (Wildman–Crippen MR) is 68.7 cm³/mol. The summed E-state index contributed by atoms with van der Waals surface area (Å²) >= 11 is 0. The standard InChI is InChI=1S/C14H19FO4/c1-5-9-10(12(16)14(17)19-6-2)7-11(15)8(3)13(9)18-4/h7,12,16H,5-6H2,1-4H3. The molecule has 0 radical (unpaired) electrons. The SMILES string of the molecule is CCOC(=O)C(O)c1cc(F)c(C)c(OC)c1CC. The molecule has 4 nitrogen and oxygen atoms in total. The van der Waals surface area contributed by atoms with E-state index in [0.29, 0.717) is 23.3 Å². The molecule has 1 unspecified atom stereocenters. The summed E-state index contributed by atoms with van der Waals surface area (Å²) in [6.07, 6.45) is -0.991. The van der Waals surface area contributed by atoms with Crippen LogP contribution in [0.3, 0.4) is 0 Å². The molecule has 0 saturated carbocycles. The zero-order valence-corrected chi connectivity index (χ0v) is 11.6. The van der Waals surface area contributed by atoms with E-state index in [2.05, 4.69) is 0 Å². The highest BCUT2D eigenvalue weighted by Gasteiger charge is 2.25. The van der Waals surface area contributed by atoms with Gasteiger partial charge in [0.2, 0.25) is 0 Å². The Morgan fingerprint density at radius 1 is 1.47 bits per heavy atom. The number of benzene rings is 1. The van der Waals surface area contributed by atoms with Gasteiger partial charge in [-0.2, -0.15) is 0 Å². The van der Waals surface area contributed by atoms with Crippen molar-refractivity contribution in [3.8, 4) is 5.75 Å². The first-order valence-corrected chi connectivity index (χ1v) is 6.18. The normalized spacial score (nSPS) is 12.1. The molecular formula is C14H19FO4. The fourth-order valence-corrected chi connectivity index (χ4v) is 2.03. The summed E-state index contributed by atoms with van der Waals surface area (Å²) in [6.45, 7) is 5.23. The number of esters is 1. The molecule has 1 aromatic carbocycles. The highest BCUT2D eigenvalue weighted by Crippen LogP contribution is 2.33. The fourth-order valence-electron chi connectivity index (χ4n) is 2.03. The molecule has 0 spiro atoms. The largest absolute Gasteiger partial charge is 0.496 e. The number of aliphatic hydroxyl groups is 1. The van der Waals surface area contributed by atoms with Crippen molar-refractivity contribution in [1.29, 1.82) is 0 Å². The van der Waals surface area contributed by atoms with E-state index in [1.807, 2.05) is 6.92 Å². The number of ether oxygens (including phenoxy) is 2. The molecule has 0 aliphatic carbocycles. The van der Waals surface area contributed by atoms with Gasteiger partial charge < -0.3 is 14.6 Å². The highest BCUT2D eigenvalue weighted by molar-refractivity contribution is 5.77. The van der Waals surface area contributed by atoms with Crippen molar-refractivity contribution in [3.63, 3.8) is 0 Å². The lowest BCUT2D eigenvalue weighted by atomic mass is 9.96. The number of methoxy groups -OCH3 is 1. The maximum absolute atomic E-state index is 13.8. The van der Waals surface area contributed by atoms with E-state index >= 15 is 0 Å². The van der Waals surface area contributed by atoms with Crippen molar-refractivity contribution in [2.24, 2.45) is 0 Å². The Kier molecular flexibility index (Phi) is 5.30. The van der Waals surface area contributed by atoms with Gasteiger partial charge in [0, 0.05) is 16.7 Å². The summed E-state index contributed by atoms with van der Waals surface area (Å²) in [5.41, 5.74) is 1.17. The number of carbonyl (C=O) groups excluding carboxylic acids is 1. The molecule has 19 heavy (non-hydrogen) atoms. The lowest BCUT2D eigenvalue weighted by Gasteiger charge is -2.18. The van der Waals surface area contributed by atoms with Gasteiger partial charge in [-0.3, -0.25) is 0 Å². The third-order valence-corrected chi connectivity index (χ3v) is 2.97. The zero-order valence-electron chi connectivity index (χ0n) is 11.6. The summed E-state index contributed by atoms with van der Waals surface area (Å²) in [5, 5.41) is 9.97. The predicted octanol–water partition coefficient (Wildman–Crippen LogP) is 2.30. The molecule has 1 aromatic rings. The maximum atomic E-state index is 13.8. The molecule has 0 saturated heterocycles. The van der Waals surface area contributed by atoms with Gasteiger partial charge in [0.1, 0.15) is 11.6 Å². The minimum atomic E-state index is -1.50. The third-order valence-electron chi connectivity index (χ3n) is 2.97. The van der Waals surface area contributed by atoms with E-state index in [-0.39, 0.29) is 12.2 Å². The second kappa shape index (κ2) is 6.52. The molecular weight excluding hydrogens is 251 g/mol. The van der Waals surface area contributed by atoms with Gasteiger partial charge in [-0.25, -0.2) is 9.18 Å². The zero-order chi connectivity index (χ0) is 14.6. The van der Waals surface area contributed by atoms with Crippen LogP contribution in [-0.4, -0.2) is 24.8 Å². The van der Waals surface area contributed by atoms with Gasteiger partial charge >= 0.3 is 5.97 Å². The van der Waals surface area contributed by atoms with Crippen LogP contribution in [0, 0.1) is 12.7 Å². The van der Waals surface area contributed by atoms with Crippen molar-refractivity contribution in [2.45, 2.75) is 33.3 Å². The topological polar surface area (TPSA) is 55.8 Å². The Balaban J connectivity index is 3.34. The molecule has 1 atom stereocenters. The Morgan fingerprint density at radius 3 is 2.58 bits per heavy atom. The first-order valence-electron chi connectivity index (χ1n) is 6.18. The van der Waals surface area contributed by atoms with Crippen LogP contribution in [0.4, 0.5) is 4.39 Å². The van der Waals surface area contributed by atoms with Crippen LogP contribution < -0.4 is 4.74 Å². The molecule has 0 aromatic heterocycles. The van der Waals surface area contributed by atoms with E-state index in [9.17, 15) is 14.3 Å². The van der Waals surface area contributed by atoms with Gasteiger partial charge in [0.25, 0.3) is 0 Å². The Bertz CT molecular complexity index is 471. The Morgan fingerprint density at radius 2 is 2.11 bits per heavy atom. The fraction of sp³-hybridized carbons (Fsp3) is 0.500. The monoisotopic (exact) mass is 270 g/mol. The van der Waals surface area contributed by atoms with Gasteiger partial charge in [0.05, 0.1) is 13.7 Å². The van der Waals surface area contributed by atoms with Crippen LogP contribution in [0.15, 0.2) is 6.07 Å². The Hall–Kier alpha value is -1.62. The van der Waals surface area contributed by atoms with Gasteiger partial charge in [-0.05, 0) is 26.3 Å². The van der Waals surface area contributed by atoms with Crippen LogP contribution in [0.25, 0.3) is 0 Å². The van der Waals surface area contributed by atoms with Crippen LogP contribution in [0.2, 0.25) is 0 Å². The summed E-state index contributed by atoms with van der Waals surface area (Å²) in [7, 11) is 1.43. The number of hydrogen-bond acceptors (Lipinski definition) is 4. The molecule has 0 bridgehead atoms. The van der Waals surface area contributed by atoms with Crippen molar-refractivity contribution in [2.75, 3.05) is 13.7 Å². The average molecular weight is 270 g/mol. The summed E-state index contributed by atoms with van der Waals surface area (Å²) in [6, 6.07) is 1.16.